The number of benzene rings is 1. The Morgan fingerprint density at radius 1 is 1.30 bits per heavy atom. The van der Waals surface area contributed by atoms with Crippen LogP contribution in [-0.4, -0.2) is 13.9 Å². The topological polar surface area (TPSA) is 71.0 Å². The van der Waals surface area contributed by atoms with Crippen LogP contribution in [-0.2, 0) is 0 Å². The average Bonchev–Trinajstić information content (AvgIpc) is 2.84. The number of nitro benzene ring substituents is 1. The van der Waals surface area contributed by atoms with Crippen LogP contribution in [0.4, 0.5) is 11.5 Å². The number of H-pyrrole nitrogens is 1. The van der Waals surface area contributed by atoms with Gasteiger partial charge in [0.2, 0.25) is 0 Å². The molecule has 1 aromatic heterocycles. The minimum Gasteiger partial charge on any atom is -0.341 e. The SMILES string of the molecule is C/C=C\C=C/C=INc1cc2cc([N+](=O)[O-])ccc2[nH]1. The molecule has 0 radical (unpaired) electrons. The zero-order valence-corrected chi connectivity index (χ0v) is 13.0. The molecule has 0 spiro atoms. The number of aromatic nitrogens is 1. The fraction of sp³-hybridized carbons (Fsp3) is 0.0714. The molecule has 0 atom stereocenters. The second kappa shape index (κ2) is 6.99. The van der Waals surface area contributed by atoms with Gasteiger partial charge in [0.05, 0.1) is 4.92 Å². The van der Waals surface area contributed by atoms with Crippen molar-refractivity contribution in [2.24, 2.45) is 0 Å². The zero-order chi connectivity index (χ0) is 14.4. The van der Waals surface area contributed by atoms with E-state index in [2.05, 4.69) is 12.5 Å². The Bertz CT molecular complexity index is 702. The van der Waals surface area contributed by atoms with Gasteiger partial charge in [-0.3, -0.25) is 10.1 Å². The number of anilines is 1. The van der Waals surface area contributed by atoms with E-state index in [1.807, 2.05) is 37.3 Å². The molecule has 5 nitrogen and oxygen atoms in total. The Hall–Kier alpha value is -1.96. The van der Waals surface area contributed by atoms with Crippen molar-refractivity contribution < 1.29 is 4.92 Å². The van der Waals surface area contributed by atoms with Gasteiger partial charge in [0.1, 0.15) is 5.82 Å². The molecule has 0 amide bonds. The Labute approximate surface area is 126 Å². The number of non-ortho nitro benzene ring substituents is 1. The monoisotopic (exact) mass is 383 g/mol. The minimum absolute atomic E-state index is 0.110. The molecule has 0 unspecified atom stereocenters. The molecule has 0 fully saturated rings. The van der Waals surface area contributed by atoms with Gasteiger partial charge in [-0.05, 0) is 44.1 Å². The van der Waals surface area contributed by atoms with E-state index in [9.17, 15) is 10.1 Å². The molecule has 2 aromatic rings. The first-order valence-electron chi connectivity index (χ1n) is 5.97. The van der Waals surface area contributed by atoms with Crippen LogP contribution < -0.4 is 3.53 Å². The van der Waals surface area contributed by atoms with Gasteiger partial charge in [0.25, 0.3) is 5.69 Å². The number of allylic oxidation sites excluding steroid dienone is 4. The molecule has 6 heteroatoms. The fourth-order valence-corrected chi connectivity index (χ4v) is 2.88. The molecule has 20 heavy (non-hydrogen) atoms. The average molecular weight is 383 g/mol. The molecule has 2 N–H and O–H groups in total. The van der Waals surface area contributed by atoms with E-state index in [1.165, 1.54) is 6.07 Å². The summed E-state index contributed by atoms with van der Waals surface area (Å²) in [7, 11) is 0. The van der Waals surface area contributed by atoms with Crippen LogP contribution in [0.25, 0.3) is 10.9 Å². The van der Waals surface area contributed by atoms with Gasteiger partial charge < -0.3 is 8.51 Å². The van der Waals surface area contributed by atoms with Gasteiger partial charge in [-0.15, -0.1) is 0 Å². The first kappa shape index (κ1) is 14.4. The molecule has 0 saturated carbocycles. The van der Waals surface area contributed by atoms with Gasteiger partial charge in [0.15, 0.2) is 0 Å². The van der Waals surface area contributed by atoms with E-state index in [0.29, 0.717) is 0 Å². The molecule has 1 heterocycles. The molecule has 2 rings (SSSR count). The normalized spacial score (nSPS) is 12.4. The Kier molecular flexibility index (Phi) is 5.05. The van der Waals surface area contributed by atoms with E-state index in [1.54, 1.807) is 12.1 Å². The highest BCUT2D eigenvalue weighted by molar-refractivity contribution is 14.2. The predicted octanol–water partition coefficient (Wildman–Crippen LogP) is 4.31. The maximum absolute atomic E-state index is 10.7. The van der Waals surface area contributed by atoms with Crippen molar-refractivity contribution in [3.63, 3.8) is 0 Å². The van der Waals surface area contributed by atoms with Crippen molar-refractivity contribution in [3.05, 3.63) is 58.7 Å². The molecule has 0 aliphatic carbocycles. The molecular weight excluding hydrogens is 369 g/mol. The van der Waals surface area contributed by atoms with Crippen LogP contribution in [0.5, 0.6) is 0 Å². The first-order chi connectivity index (χ1) is 9.70. The number of hydrogen-bond donors (Lipinski definition) is 2. The summed E-state index contributed by atoms with van der Waals surface area (Å²) in [6.45, 7) is 1.97. The van der Waals surface area contributed by atoms with Crippen LogP contribution in [0.3, 0.4) is 0 Å². The number of hydrogen-bond acceptors (Lipinski definition) is 3. The van der Waals surface area contributed by atoms with Gasteiger partial charge in [0, 0.05) is 23.0 Å². The summed E-state index contributed by atoms with van der Waals surface area (Å²) in [5.41, 5.74) is 1.00. The van der Waals surface area contributed by atoms with Crippen molar-refractivity contribution in [1.82, 2.24) is 4.98 Å². The van der Waals surface area contributed by atoms with Crippen molar-refractivity contribution in [2.75, 3.05) is 3.53 Å². The van der Waals surface area contributed by atoms with Crippen molar-refractivity contribution in [2.45, 2.75) is 6.92 Å². The molecule has 0 bridgehead atoms. The van der Waals surface area contributed by atoms with Crippen LogP contribution in [0.1, 0.15) is 6.92 Å². The van der Waals surface area contributed by atoms with Crippen LogP contribution >= 0.6 is 21.0 Å². The lowest BCUT2D eigenvalue weighted by atomic mass is 10.2. The standard InChI is InChI=1S/C14H14IN3O2/c1-2-3-4-5-8-15-17-14-10-11-9-12(18(19)20)6-7-13(11)16-14/h2-10,16-17H,1H3/b3-2-,5-4-. The number of fused-ring (bicyclic) bond motifs is 1. The zero-order valence-electron chi connectivity index (χ0n) is 10.8. The van der Waals surface area contributed by atoms with Crippen molar-refractivity contribution in [1.29, 1.82) is 0 Å². The highest BCUT2D eigenvalue weighted by atomic mass is 127. The maximum atomic E-state index is 10.7. The summed E-state index contributed by atoms with van der Waals surface area (Å²) in [4.78, 5) is 13.5. The fourth-order valence-electron chi connectivity index (χ4n) is 1.63. The highest BCUT2D eigenvalue weighted by Gasteiger charge is 2.07. The summed E-state index contributed by atoms with van der Waals surface area (Å²) in [5, 5.41) is 11.6. The first-order valence-corrected chi connectivity index (χ1v) is 8.30. The number of aromatic amines is 1. The quantitative estimate of drug-likeness (QED) is 0.266. The van der Waals surface area contributed by atoms with Gasteiger partial charge in [-0.25, -0.2) is 0 Å². The van der Waals surface area contributed by atoms with Gasteiger partial charge >= 0.3 is 0 Å². The minimum atomic E-state index is -0.383. The molecule has 0 saturated heterocycles. The summed E-state index contributed by atoms with van der Waals surface area (Å²) < 4.78 is 5.42. The summed E-state index contributed by atoms with van der Waals surface area (Å²) in [5.74, 6) is 0.893. The van der Waals surface area contributed by atoms with Crippen molar-refractivity contribution in [3.8, 4) is 0 Å². The third kappa shape index (κ3) is 3.77. The Morgan fingerprint density at radius 3 is 2.90 bits per heavy atom. The van der Waals surface area contributed by atoms with Crippen molar-refractivity contribution >= 4 is 47.4 Å². The number of rotatable bonds is 5. The van der Waals surface area contributed by atoms with Crippen LogP contribution in [0.15, 0.2) is 48.6 Å². The lowest BCUT2D eigenvalue weighted by molar-refractivity contribution is -0.384. The highest BCUT2D eigenvalue weighted by Crippen LogP contribution is 2.24. The summed E-state index contributed by atoms with van der Waals surface area (Å²) >= 11 is -0.291. The van der Waals surface area contributed by atoms with Crippen LogP contribution in [0.2, 0.25) is 0 Å². The van der Waals surface area contributed by atoms with Gasteiger partial charge in [-0.2, -0.15) is 0 Å². The van der Waals surface area contributed by atoms with E-state index in [0.717, 1.165) is 16.7 Å². The number of nitrogens with one attached hydrogen (secondary N) is 2. The number of halogens is 1. The maximum Gasteiger partial charge on any atom is 0.270 e. The smallest absolute Gasteiger partial charge is 0.270 e. The lowest BCUT2D eigenvalue weighted by Crippen LogP contribution is -1.86. The van der Waals surface area contributed by atoms with E-state index in [4.69, 9.17) is 0 Å². The molecule has 104 valence electrons. The number of nitro groups is 1. The molecular formula is C14H14IN3O2. The third-order valence-corrected chi connectivity index (χ3v) is 4.19. The van der Waals surface area contributed by atoms with Gasteiger partial charge in [-0.1, -0.05) is 24.3 Å². The largest absolute Gasteiger partial charge is 0.341 e. The predicted molar refractivity (Wildman–Crippen MR) is 92.6 cm³/mol. The van der Waals surface area contributed by atoms with E-state index >= 15 is 0 Å². The molecule has 0 aliphatic rings. The van der Waals surface area contributed by atoms with Crippen LogP contribution in [0, 0.1) is 10.1 Å². The second-order valence-electron chi connectivity index (χ2n) is 3.95. The summed E-state index contributed by atoms with van der Waals surface area (Å²) in [6.07, 6.45) is 7.94. The lowest BCUT2D eigenvalue weighted by Gasteiger charge is -1.92. The van der Waals surface area contributed by atoms with E-state index in [-0.39, 0.29) is 31.6 Å². The Balaban J connectivity index is 2.10. The molecule has 1 aromatic carbocycles. The second-order valence-corrected chi connectivity index (χ2v) is 5.83. The van der Waals surface area contributed by atoms with E-state index < -0.39 is 0 Å². The third-order valence-electron chi connectivity index (χ3n) is 2.52. The Morgan fingerprint density at radius 2 is 2.15 bits per heavy atom. The summed E-state index contributed by atoms with van der Waals surface area (Å²) in [6, 6.07) is 6.70. The number of nitrogens with zero attached hydrogens (tertiary/aromatic N) is 1. The molecule has 0 aliphatic heterocycles.